The number of aromatic amines is 1. The summed E-state index contributed by atoms with van der Waals surface area (Å²) in [5.41, 5.74) is 0.806. The van der Waals surface area contributed by atoms with Crippen molar-refractivity contribution in [1.29, 1.82) is 0 Å². The molecular weight excluding hydrogens is 259 g/mol. The van der Waals surface area contributed by atoms with E-state index in [-0.39, 0.29) is 0 Å². The molecule has 0 saturated carbocycles. The van der Waals surface area contributed by atoms with Gasteiger partial charge in [-0.15, -0.1) is 10.2 Å². The second-order valence-corrected chi connectivity index (χ2v) is 2.77. The van der Waals surface area contributed by atoms with Gasteiger partial charge in [-0.05, 0) is 0 Å². The SMILES string of the molecule is Ic1nnc(-c2cn[nH]c2)o1. The van der Waals surface area contributed by atoms with Crippen LogP contribution >= 0.6 is 22.6 Å². The zero-order chi connectivity index (χ0) is 7.68. The highest BCUT2D eigenvalue weighted by atomic mass is 127. The van der Waals surface area contributed by atoms with Crippen molar-refractivity contribution in [3.8, 4) is 11.5 Å². The first-order valence-electron chi connectivity index (χ1n) is 2.84. The molecule has 56 valence electrons. The molecule has 1 N–H and O–H groups in total. The van der Waals surface area contributed by atoms with Crippen LogP contribution in [-0.2, 0) is 0 Å². The Labute approximate surface area is 75.3 Å². The zero-order valence-corrected chi connectivity index (χ0v) is 7.44. The predicted molar refractivity (Wildman–Crippen MR) is 44.6 cm³/mol. The number of nitrogens with zero attached hydrogens (tertiary/aromatic N) is 3. The van der Waals surface area contributed by atoms with Crippen molar-refractivity contribution in [3.05, 3.63) is 16.3 Å². The van der Waals surface area contributed by atoms with E-state index in [2.05, 4.69) is 20.4 Å². The molecule has 2 aromatic heterocycles. The summed E-state index contributed by atoms with van der Waals surface area (Å²) in [6.45, 7) is 0. The van der Waals surface area contributed by atoms with Crippen LogP contribution in [0.5, 0.6) is 0 Å². The summed E-state index contributed by atoms with van der Waals surface area (Å²) in [4.78, 5) is 0. The first-order valence-corrected chi connectivity index (χ1v) is 3.92. The van der Waals surface area contributed by atoms with Crippen LogP contribution in [0.3, 0.4) is 0 Å². The maximum Gasteiger partial charge on any atom is 0.278 e. The van der Waals surface area contributed by atoms with E-state index < -0.39 is 0 Å². The first kappa shape index (κ1) is 6.77. The van der Waals surface area contributed by atoms with Gasteiger partial charge in [-0.25, -0.2) is 0 Å². The van der Waals surface area contributed by atoms with Crippen molar-refractivity contribution < 1.29 is 4.42 Å². The van der Waals surface area contributed by atoms with Gasteiger partial charge in [0.15, 0.2) is 0 Å². The highest BCUT2D eigenvalue weighted by Crippen LogP contribution is 2.15. The van der Waals surface area contributed by atoms with Crippen LogP contribution in [0.15, 0.2) is 16.8 Å². The monoisotopic (exact) mass is 262 g/mol. The number of nitrogens with one attached hydrogen (secondary N) is 1. The van der Waals surface area contributed by atoms with Crippen LogP contribution < -0.4 is 0 Å². The predicted octanol–water partition coefficient (Wildman–Crippen LogP) is 1.06. The highest BCUT2D eigenvalue weighted by Gasteiger charge is 2.05. The Kier molecular flexibility index (Phi) is 1.60. The van der Waals surface area contributed by atoms with Crippen LogP contribution in [-0.4, -0.2) is 20.4 Å². The topological polar surface area (TPSA) is 67.6 Å². The van der Waals surface area contributed by atoms with E-state index in [1.54, 1.807) is 12.4 Å². The van der Waals surface area contributed by atoms with E-state index in [0.717, 1.165) is 5.56 Å². The largest absolute Gasteiger partial charge is 0.412 e. The highest BCUT2D eigenvalue weighted by molar-refractivity contribution is 14.1. The summed E-state index contributed by atoms with van der Waals surface area (Å²) in [6.07, 6.45) is 3.33. The molecule has 0 aromatic carbocycles. The molecule has 2 rings (SSSR count). The van der Waals surface area contributed by atoms with Gasteiger partial charge in [-0.3, -0.25) is 5.10 Å². The quantitative estimate of drug-likeness (QED) is 0.780. The summed E-state index contributed by atoms with van der Waals surface area (Å²) < 4.78 is 5.66. The van der Waals surface area contributed by atoms with Gasteiger partial charge in [0.1, 0.15) is 0 Å². The molecule has 0 aliphatic carbocycles. The molecule has 0 saturated heterocycles. The Morgan fingerprint density at radius 3 is 2.91 bits per heavy atom. The molecule has 11 heavy (non-hydrogen) atoms. The molecular formula is C5H3IN4O. The molecule has 6 heteroatoms. The van der Waals surface area contributed by atoms with Crippen LogP contribution in [0.4, 0.5) is 0 Å². The maximum atomic E-state index is 5.13. The second kappa shape index (κ2) is 2.61. The summed E-state index contributed by atoms with van der Waals surface area (Å²) >= 11 is 1.95. The van der Waals surface area contributed by atoms with E-state index >= 15 is 0 Å². The van der Waals surface area contributed by atoms with Gasteiger partial charge >= 0.3 is 0 Å². The van der Waals surface area contributed by atoms with Crippen molar-refractivity contribution >= 4 is 22.6 Å². The summed E-state index contributed by atoms with van der Waals surface area (Å²) in [7, 11) is 0. The Bertz CT molecular complexity index is 341. The van der Waals surface area contributed by atoms with Gasteiger partial charge in [-0.2, -0.15) is 5.10 Å². The minimum atomic E-state index is 0.489. The molecule has 0 spiro atoms. The number of aromatic nitrogens is 4. The van der Waals surface area contributed by atoms with E-state index in [1.807, 2.05) is 22.6 Å². The number of hydrogen-bond acceptors (Lipinski definition) is 4. The fraction of sp³-hybridized carbons (Fsp3) is 0. The number of H-pyrrole nitrogens is 1. The average Bonchev–Trinajstić information content (AvgIpc) is 2.55. The van der Waals surface area contributed by atoms with Crippen molar-refractivity contribution in [2.45, 2.75) is 0 Å². The van der Waals surface area contributed by atoms with Crippen LogP contribution in [0.2, 0.25) is 0 Å². The fourth-order valence-corrected chi connectivity index (χ4v) is 1.01. The van der Waals surface area contributed by atoms with E-state index in [0.29, 0.717) is 9.79 Å². The van der Waals surface area contributed by atoms with Gasteiger partial charge in [0, 0.05) is 28.8 Å². The molecule has 0 fully saturated rings. The van der Waals surface area contributed by atoms with Gasteiger partial charge in [-0.1, -0.05) is 0 Å². The minimum Gasteiger partial charge on any atom is -0.412 e. The lowest BCUT2D eigenvalue weighted by molar-refractivity contribution is 0.537. The standard InChI is InChI=1S/C5H3IN4O/c6-5-10-9-4(11-5)3-1-7-8-2-3/h1-2H,(H,7,8). The molecule has 0 radical (unpaired) electrons. The van der Waals surface area contributed by atoms with Crippen molar-refractivity contribution in [3.63, 3.8) is 0 Å². The zero-order valence-electron chi connectivity index (χ0n) is 5.28. The Balaban J connectivity index is 2.45. The first-order chi connectivity index (χ1) is 5.36. The summed E-state index contributed by atoms with van der Waals surface area (Å²) in [6, 6.07) is 0. The Morgan fingerprint density at radius 2 is 2.36 bits per heavy atom. The molecule has 0 atom stereocenters. The normalized spacial score (nSPS) is 10.3. The van der Waals surface area contributed by atoms with Crippen molar-refractivity contribution in [2.75, 3.05) is 0 Å². The van der Waals surface area contributed by atoms with E-state index in [4.69, 9.17) is 4.42 Å². The molecule has 5 nitrogen and oxygen atoms in total. The number of hydrogen-bond donors (Lipinski definition) is 1. The van der Waals surface area contributed by atoms with E-state index in [1.165, 1.54) is 0 Å². The van der Waals surface area contributed by atoms with Gasteiger partial charge in [0.2, 0.25) is 0 Å². The molecule has 0 unspecified atom stereocenters. The Hall–Kier alpha value is -0.920. The molecule has 0 bridgehead atoms. The fourth-order valence-electron chi connectivity index (χ4n) is 0.690. The number of halogens is 1. The molecule has 0 aliphatic rings. The Morgan fingerprint density at radius 1 is 1.45 bits per heavy atom. The lowest BCUT2D eigenvalue weighted by atomic mass is 10.4. The van der Waals surface area contributed by atoms with Crippen LogP contribution in [0.25, 0.3) is 11.5 Å². The van der Waals surface area contributed by atoms with Gasteiger partial charge in [0.25, 0.3) is 9.79 Å². The molecule has 0 aliphatic heterocycles. The van der Waals surface area contributed by atoms with Crippen LogP contribution in [0, 0.1) is 3.90 Å². The third-order valence-corrected chi connectivity index (χ3v) is 1.58. The minimum absolute atomic E-state index is 0.489. The summed E-state index contributed by atoms with van der Waals surface area (Å²) in [5, 5.41) is 13.9. The van der Waals surface area contributed by atoms with Gasteiger partial charge in [0.05, 0.1) is 11.8 Å². The lowest BCUT2D eigenvalue weighted by Crippen LogP contribution is -1.71. The third-order valence-electron chi connectivity index (χ3n) is 1.15. The van der Waals surface area contributed by atoms with E-state index in [9.17, 15) is 0 Å². The molecule has 2 aromatic rings. The molecule has 2 heterocycles. The smallest absolute Gasteiger partial charge is 0.278 e. The van der Waals surface area contributed by atoms with Gasteiger partial charge < -0.3 is 4.42 Å². The third kappa shape index (κ3) is 1.25. The maximum absolute atomic E-state index is 5.13. The van der Waals surface area contributed by atoms with Crippen molar-refractivity contribution in [1.82, 2.24) is 20.4 Å². The van der Waals surface area contributed by atoms with Crippen LogP contribution in [0.1, 0.15) is 0 Å². The number of rotatable bonds is 1. The van der Waals surface area contributed by atoms with Crippen molar-refractivity contribution in [2.24, 2.45) is 0 Å². The lowest BCUT2D eigenvalue weighted by Gasteiger charge is -1.80. The second-order valence-electron chi connectivity index (χ2n) is 1.85. The summed E-state index contributed by atoms with van der Waals surface area (Å²) in [5.74, 6) is 0.489. The average molecular weight is 262 g/mol. The molecule has 0 amide bonds.